The summed E-state index contributed by atoms with van der Waals surface area (Å²) in [6, 6.07) is 2.50. The highest BCUT2D eigenvalue weighted by atomic mass is 16.6. The molecule has 0 aliphatic heterocycles. The fourth-order valence-corrected chi connectivity index (χ4v) is 1.40. The minimum atomic E-state index is -0.852. The number of nitrogens with zero attached hydrogens (tertiary/aromatic N) is 2. The first kappa shape index (κ1) is 16.0. The second kappa shape index (κ2) is 6.93. The van der Waals surface area contributed by atoms with E-state index in [0.29, 0.717) is 0 Å². The van der Waals surface area contributed by atoms with E-state index in [2.05, 4.69) is 10.1 Å². The maximum absolute atomic E-state index is 11.7. The van der Waals surface area contributed by atoms with Crippen LogP contribution in [0.1, 0.15) is 17.3 Å². The number of hydrogen-bond donors (Lipinski definition) is 1. The summed E-state index contributed by atoms with van der Waals surface area (Å²) in [5, 5.41) is 23.5. The predicted octanol–water partition coefficient (Wildman–Crippen LogP) is 0.796. The van der Waals surface area contributed by atoms with Crippen LogP contribution < -0.4 is 5.32 Å². The van der Waals surface area contributed by atoms with Gasteiger partial charge in [-0.25, -0.2) is 0 Å². The quantitative estimate of drug-likeness (QED) is 0.464. The highest BCUT2D eigenvalue weighted by Crippen LogP contribution is 2.22. The Labute approximate surface area is 118 Å². The summed E-state index contributed by atoms with van der Waals surface area (Å²) in [5.41, 5.74) is -1.48. The molecule has 10 nitrogen and oxygen atoms in total. The van der Waals surface area contributed by atoms with Crippen LogP contribution in [0.5, 0.6) is 0 Å². The smallest absolute Gasteiger partial charge is 0.325 e. The number of non-ortho nitro benzene ring substituents is 2. The van der Waals surface area contributed by atoms with Gasteiger partial charge in [-0.15, -0.1) is 0 Å². The molecule has 112 valence electrons. The number of ether oxygens (including phenoxy) is 1. The van der Waals surface area contributed by atoms with Crippen molar-refractivity contribution in [1.29, 1.82) is 0 Å². The molecule has 21 heavy (non-hydrogen) atoms. The number of rotatable bonds is 6. The van der Waals surface area contributed by atoms with E-state index in [0.717, 1.165) is 18.2 Å². The van der Waals surface area contributed by atoms with E-state index in [1.807, 2.05) is 0 Å². The van der Waals surface area contributed by atoms with Gasteiger partial charge in [0.2, 0.25) is 0 Å². The second-order valence-corrected chi connectivity index (χ2v) is 3.74. The van der Waals surface area contributed by atoms with Crippen molar-refractivity contribution in [2.45, 2.75) is 6.92 Å². The van der Waals surface area contributed by atoms with Gasteiger partial charge in [-0.3, -0.25) is 29.8 Å². The molecule has 0 fully saturated rings. The molecule has 10 heteroatoms. The topological polar surface area (TPSA) is 142 Å². The number of carbonyl (C=O) groups is 2. The molecule has 0 bridgehead atoms. The van der Waals surface area contributed by atoms with Crippen LogP contribution in [0.2, 0.25) is 0 Å². The van der Waals surface area contributed by atoms with E-state index < -0.39 is 39.6 Å². The molecule has 0 saturated carbocycles. The Morgan fingerprint density at radius 1 is 1.14 bits per heavy atom. The maximum atomic E-state index is 11.7. The lowest BCUT2D eigenvalue weighted by Gasteiger charge is -2.05. The van der Waals surface area contributed by atoms with Crippen LogP contribution in [0, 0.1) is 20.2 Å². The molecule has 0 heterocycles. The van der Waals surface area contributed by atoms with Crippen molar-refractivity contribution in [3.05, 3.63) is 44.0 Å². The zero-order chi connectivity index (χ0) is 16.0. The minimum Gasteiger partial charge on any atom is -0.465 e. The largest absolute Gasteiger partial charge is 0.465 e. The first-order valence-electron chi connectivity index (χ1n) is 5.72. The van der Waals surface area contributed by atoms with Crippen LogP contribution >= 0.6 is 0 Å². The molecule has 1 aromatic carbocycles. The lowest BCUT2D eigenvalue weighted by Crippen LogP contribution is -2.30. The Kier molecular flexibility index (Phi) is 5.29. The Bertz CT molecular complexity index is 567. The predicted molar refractivity (Wildman–Crippen MR) is 68.7 cm³/mol. The zero-order valence-electron chi connectivity index (χ0n) is 10.9. The van der Waals surface area contributed by atoms with Gasteiger partial charge >= 0.3 is 5.97 Å². The number of carbonyl (C=O) groups excluding carboxylic acids is 2. The number of hydrogen-bond acceptors (Lipinski definition) is 7. The fourth-order valence-electron chi connectivity index (χ4n) is 1.40. The van der Waals surface area contributed by atoms with E-state index in [1.165, 1.54) is 0 Å². The standard InChI is InChI=1S/C11H11N3O7/c1-2-21-10(15)6-12-11(16)7-3-8(13(17)18)5-9(4-7)14(19)20/h3-5H,2,6H2,1H3,(H,12,16). The number of nitrogens with one attached hydrogen (secondary N) is 1. The van der Waals surface area contributed by atoms with Crippen molar-refractivity contribution in [1.82, 2.24) is 5.32 Å². The molecule has 1 amide bonds. The molecule has 0 radical (unpaired) electrons. The van der Waals surface area contributed by atoms with Crippen LogP contribution in [0.3, 0.4) is 0 Å². The monoisotopic (exact) mass is 297 g/mol. The lowest BCUT2D eigenvalue weighted by atomic mass is 10.1. The number of nitro benzene ring substituents is 2. The SMILES string of the molecule is CCOC(=O)CNC(=O)c1cc([N+](=O)[O-])cc([N+](=O)[O-])c1. The molecule has 0 spiro atoms. The molecular formula is C11H11N3O7. The van der Waals surface area contributed by atoms with Gasteiger partial charge in [0.25, 0.3) is 17.3 Å². The van der Waals surface area contributed by atoms with Crippen LogP contribution in [-0.2, 0) is 9.53 Å². The van der Waals surface area contributed by atoms with Crippen molar-refractivity contribution in [2.75, 3.05) is 13.2 Å². The summed E-state index contributed by atoms with van der Waals surface area (Å²) in [6.07, 6.45) is 0. The summed E-state index contributed by atoms with van der Waals surface area (Å²) < 4.78 is 4.58. The highest BCUT2D eigenvalue weighted by molar-refractivity contribution is 5.97. The Balaban J connectivity index is 2.95. The number of esters is 1. The lowest BCUT2D eigenvalue weighted by molar-refractivity contribution is -0.394. The van der Waals surface area contributed by atoms with Crippen molar-refractivity contribution in [3.8, 4) is 0 Å². The first-order valence-corrected chi connectivity index (χ1v) is 5.72. The third kappa shape index (κ3) is 4.53. The molecular weight excluding hydrogens is 286 g/mol. The van der Waals surface area contributed by atoms with E-state index >= 15 is 0 Å². The van der Waals surface area contributed by atoms with Gasteiger partial charge < -0.3 is 10.1 Å². The molecule has 0 aliphatic carbocycles. The minimum absolute atomic E-state index is 0.136. The van der Waals surface area contributed by atoms with Gasteiger partial charge in [0.05, 0.1) is 28.1 Å². The molecule has 1 N–H and O–H groups in total. The Morgan fingerprint density at radius 2 is 1.67 bits per heavy atom. The fraction of sp³-hybridized carbons (Fsp3) is 0.273. The number of nitro groups is 2. The van der Waals surface area contributed by atoms with Crippen molar-refractivity contribution < 1.29 is 24.2 Å². The van der Waals surface area contributed by atoms with Gasteiger partial charge in [0.1, 0.15) is 6.54 Å². The van der Waals surface area contributed by atoms with E-state index in [9.17, 15) is 29.8 Å². The molecule has 0 aliphatic rings. The average Bonchev–Trinajstić information content (AvgIpc) is 2.44. The van der Waals surface area contributed by atoms with Crippen molar-refractivity contribution >= 4 is 23.3 Å². The summed E-state index contributed by atoms with van der Waals surface area (Å²) in [4.78, 5) is 42.5. The first-order chi connectivity index (χ1) is 9.85. The van der Waals surface area contributed by atoms with Crippen LogP contribution in [0.4, 0.5) is 11.4 Å². The summed E-state index contributed by atoms with van der Waals surface area (Å²) in [7, 11) is 0. The normalized spacial score (nSPS) is 9.76. The summed E-state index contributed by atoms with van der Waals surface area (Å²) in [5.74, 6) is -1.54. The number of amides is 1. The molecule has 1 aromatic rings. The van der Waals surface area contributed by atoms with Gasteiger partial charge in [0.15, 0.2) is 0 Å². The summed E-state index contributed by atoms with van der Waals surface area (Å²) >= 11 is 0. The average molecular weight is 297 g/mol. The molecule has 0 unspecified atom stereocenters. The molecule has 1 rings (SSSR count). The van der Waals surface area contributed by atoms with Crippen molar-refractivity contribution in [2.24, 2.45) is 0 Å². The van der Waals surface area contributed by atoms with Gasteiger partial charge in [-0.2, -0.15) is 0 Å². The second-order valence-electron chi connectivity index (χ2n) is 3.74. The van der Waals surface area contributed by atoms with Crippen LogP contribution in [0.25, 0.3) is 0 Å². The van der Waals surface area contributed by atoms with E-state index in [-0.39, 0.29) is 12.2 Å². The van der Waals surface area contributed by atoms with Gasteiger partial charge in [-0.1, -0.05) is 0 Å². The zero-order valence-corrected chi connectivity index (χ0v) is 10.9. The Morgan fingerprint density at radius 3 is 2.10 bits per heavy atom. The summed E-state index contributed by atoms with van der Waals surface area (Å²) in [6.45, 7) is 1.28. The van der Waals surface area contributed by atoms with E-state index in [4.69, 9.17) is 0 Å². The van der Waals surface area contributed by atoms with Gasteiger partial charge in [0, 0.05) is 12.1 Å². The van der Waals surface area contributed by atoms with Crippen LogP contribution in [-0.4, -0.2) is 34.9 Å². The highest BCUT2D eigenvalue weighted by Gasteiger charge is 2.20. The third-order valence-electron chi connectivity index (χ3n) is 2.28. The third-order valence-corrected chi connectivity index (χ3v) is 2.28. The number of benzene rings is 1. The van der Waals surface area contributed by atoms with E-state index in [1.54, 1.807) is 6.92 Å². The molecule has 0 aromatic heterocycles. The Hall–Kier alpha value is -3.04. The molecule has 0 saturated heterocycles. The van der Waals surface area contributed by atoms with Crippen LogP contribution in [0.15, 0.2) is 18.2 Å². The van der Waals surface area contributed by atoms with Gasteiger partial charge in [-0.05, 0) is 6.92 Å². The molecule has 0 atom stereocenters. The van der Waals surface area contributed by atoms with Crippen molar-refractivity contribution in [3.63, 3.8) is 0 Å². The maximum Gasteiger partial charge on any atom is 0.325 e.